The molecule has 1 atom stereocenters. The van der Waals surface area contributed by atoms with Crippen molar-refractivity contribution in [2.75, 3.05) is 85.1 Å². The van der Waals surface area contributed by atoms with Gasteiger partial charge in [0.2, 0.25) is 5.91 Å². The third-order valence-corrected chi connectivity index (χ3v) is 6.14. The molecule has 0 aromatic carbocycles. The number of rotatable bonds is 14. The van der Waals surface area contributed by atoms with E-state index in [1.54, 1.807) is 21.6 Å². The molecule has 1 fully saturated rings. The van der Waals surface area contributed by atoms with Gasteiger partial charge in [0.05, 0.1) is 32.2 Å². The van der Waals surface area contributed by atoms with E-state index in [2.05, 4.69) is 5.32 Å². The van der Waals surface area contributed by atoms with Gasteiger partial charge in [-0.25, -0.2) is 0 Å². The van der Waals surface area contributed by atoms with Crippen molar-refractivity contribution in [2.24, 2.45) is 5.73 Å². The molecule has 6 N–H and O–H groups in total. The van der Waals surface area contributed by atoms with Gasteiger partial charge in [0.15, 0.2) is 5.78 Å². The van der Waals surface area contributed by atoms with Crippen LogP contribution in [-0.2, 0) is 24.0 Å². The molecule has 14 heteroatoms. The van der Waals surface area contributed by atoms with Gasteiger partial charge in [-0.2, -0.15) is 0 Å². The van der Waals surface area contributed by atoms with Crippen LogP contribution in [0.25, 0.3) is 0 Å². The zero-order chi connectivity index (χ0) is 27.8. The van der Waals surface area contributed by atoms with Gasteiger partial charge in [-0.05, 0) is 19.4 Å². The lowest BCUT2D eigenvalue weighted by molar-refractivity contribution is -0.140. The molecule has 1 amide bonds. The number of carboxylic acids is 3. The first kappa shape index (κ1) is 32.4. The number of carbonyl (C=O) groups is 5. The van der Waals surface area contributed by atoms with Crippen LogP contribution in [0.5, 0.6) is 0 Å². The molecule has 14 nitrogen and oxygen atoms in total. The Morgan fingerprint density at radius 3 is 1.35 bits per heavy atom. The molecule has 0 spiro atoms. The van der Waals surface area contributed by atoms with Crippen molar-refractivity contribution in [2.45, 2.75) is 32.2 Å². The third kappa shape index (κ3) is 14.6. The van der Waals surface area contributed by atoms with Crippen LogP contribution >= 0.6 is 0 Å². The zero-order valence-corrected chi connectivity index (χ0v) is 21.6. The summed E-state index contributed by atoms with van der Waals surface area (Å²) in [5.41, 5.74) is 5.55. The maximum absolute atomic E-state index is 12.8. The van der Waals surface area contributed by atoms with Gasteiger partial charge >= 0.3 is 17.9 Å². The highest BCUT2D eigenvalue weighted by molar-refractivity contribution is 5.89. The minimum Gasteiger partial charge on any atom is -0.480 e. The summed E-state index contributed by atoms with van der Waals surface area (Å²) in [6, 6.07) is -0.624. The number of nitrogens with one attached hydrogen (secondary N) is 1. The second-order valence-corrected chi connectivity index (χ2v) is 9.16. The van der Waals surface area contributed by atoms with Gasteiger partial charge in [0.1, 0.15) is 0 Å². The zero-order valence-electron chi connectivity index (χ0n) is 21.6. The van der Waals surface area contributed by atoms with Gasteiger partial charge in [-0.1, -0.05) is 6.92 Å². The second-order valence-electron chi connectivity index (χ2n) is 9.16. The van der Waals surface area contributed by atoms with Crippen molar-refractivity contribution in [3.05, 3.63) is 0 Å². The summed E-state index contributed by atoms with van der Waals surface area (Å²) in [7, 11) is 0. The number of carbonyl (C=O) groups excluding carboxylic acids is 2. The molecule has 0 aliphatic carbocycles. The number of nitrogens with two attached hydrogens (primary N) is 1. The van der Waals surface area contributed by atoms with Crippen LogP contribution in [0.2, 0.25) is 0 Å². The normalized spacial score (nSPS) is 18.3. The molecule has 1 heterocycles. The number of ketones is 1. The van der Waals surface area contributed by atoms with Crippen molar-refractivity contribution in [1.82, 2.24) is 24.9 Å². The van der Waals surface area contributed by atoms with Gasteiger partial charge < -0.3 is 26.4 Å². The molecule has 1 saturated heterocycles. The van der Waals surface area contributed by atoms with E-state index in [1.807, 2.05) is 4.90 Å². The van der Waals surface area contributed by atoms with Crippen molar-refractivity contribution in [3.63, 3.8) is 0 Å². The van der Waals surface area contributed by atoms with Crippen molar-refractivity contribution in [3.8, 4) is 0 Å². The summed E-state index contributed by atoms with van der Waals surface area (Å²) < 4.78 is 0. The van der Waals surface area contributed by atoms with Crippen LogP contribution in [0.3, 0.4) is 0 Å². The smallest absolute Gasteiger partial charge is 0.317 e. The molecule has 1 aliphatic heterocycles. The topological polar surface area (TPSA) is 197 Å². The first-order chi connectivity index (χ1) is 17.5. The average Bonchev–Trinajstić information content (AvgIpc) is 2.81. The van der Waals surface area contributed by atoms with Crippen LogP contribution in [0.15, 0.2) is 0 Å². The number of hydrogen-bond donors (Lipinski definition) is 5. The predicted molar refractivity (Wildman–Crippen MR) is 134 cm³/mol. The number of Topliss-reactive ketones (excluding diaryl/α,β-unsaturated/α-hetero) is 1. The minimum absolute atomic E-state index is 0.0386. The van der Waals surface area contributed by atoms with Crippen molar-refractivity contribution >= 4 is 29.6 Å². The molecular formula is C23H42N6O8. The summed E-state index contributed by atoms with van der Waals surface area (Å²) in [5, 5.41) is 30.6. The highest BCUT2D eigenvalue weighted by Crippen LogP contribution is 2.04. The quantitative estimate of drug-likeness (QED) is 0.160. The lowest BCUT2D eigenvalue weighted by Crippen LogP contribution is -2.51. The molecule has 212 valence electrons. The lowest BCUT2D eigenvalue weighted by Gasteiger charge is -2.33. The number of amides is 1. The largest absolute Gasteiger partial charge is 0.480 e. The average molecular weight is 531 g/mol. The first-order valence-corrected chi connectivity index (χ1v) is 12.6. The highest BCUT2D eigenvalue weighted by Gasteiger charge is 2.23. The molecule has 37 heavy (non-hydrogen) atoms. The van der Waals surface area contributed by atoms with E-state index in [0.717, 1.165) is 0 Å². The van der Waals surface area contributed by atoms with Crippen LogP contribution in [0.4, 0.5) is 0 Å². The SMILES string of the molecule is CCC(=O)[C@@H](CCCN)NC(=O)CN1CCN(CC(=O)O)CCN(CC(=O)O)CCN(CC(=O)O)CC1. The molecule has 0 radical (unpaired) electrons. The molecule has 0 bridgehead atoms. The number of carboxylic acid groups (broad SMARTS) is 3. The monoisotopic (exact) mass is 530 g/mol. The van der Waals surface area contributed by atoms with Gasteiger partial charge in [0.25, 0.3) is 0 Å². The lowest BCUT2D eigenvalue weighted by atomic mass is 10.0. The fourth-order valence-electron chi connectivity index (χ4n) is 4.11. The van der Waals surface area contributed by atoms with E-state index in [9.17, 15) is 39.3 Å². The van der Waals surface area contributed by atoms with Crippen LogP contribution in [0, 0.1) is 0 Å². The Balaban J connectivity index is 2.99. The van der Waals surface area contributed by atoms with E-state index in [-0.39, 0.29) is 44.3 Å². The Morgan fingerprint density at radius 1 is 0.703 bits per heavy atom. The van der Waals surface area contributed by atoms with Gasteiger partial charge in [-0.3, -0.25) is 43.6 Å². The van der Waals surface area contributed by atoms with E-state index < -0.39 is 23.9 Å². The van der Waals surface area contributed by atoms with Gasteiger partial charge in [-0.15, -0.1) is 0 Å². The van der Waals surface area contributed by atoms with E-state index in [0.29, 0.717) is 71.7 Å². The Morgan fingerprint density at radius 2 is 1.05 bits per heavy atom. The minimum atomic E-state index is -1.02. The first-order valence-electron chi connectivity index (χ1n) is 12.6. The molecule has 0 saturated carbocycles. The molecule has 0 unspecified atom stereocenters. The van der Waals surface area contributed by atoms with E-state index in [4.69, 9.17) is 5.73 Å². The Kier molecular flexibility index (Phi) is 15.5. The summed E-state index contributed by atoms with van der Waals surface area (Å²) in [6.45, 7) is 3.83. The Labute approximate surface area is 217 Å². The van der Waals surface area contributed by atoms with Gasteiger partial charge in [0, 0.05) is 58.8 Å². The van der Waals surface area contributed by atoms with E-state index >= 15 is 0 Å². The number of hydrogen-bond acceptors (Lipinski definition) is 10. The van der Waals surface area contributed by atoms with Crippen molar-refractivity contribution < 1.29 is 39.3 Å². The maximum Gasteiger partial charge on any atom is 0.317 e. The van der Waals surface area contributed by atoms with Crippen LogP contribution in [-0.4, -0.2) is 156 Å². The Hall–Kier alpha value is -2.65. The Bertz CT molecular complexity index is 736. The van der Waals surface area contributed by atoms with Crippen LogP contribution < -0.4 is 11.1 Å². The maximum atomic E-state index is 12.8. The van der Waals surface area contributed by atoms with Crippen LogP contribution in [0.1, 0.15) is 26.2 Å². The van der Waals surface area contributed by atoms with Crippen molar-refractivity contribution in [1.29, 1.82) is 0 Å². The molecule has 1 rings (SSSR count). The molecule has 1 aliphatic rings. The molecule has 0 aromatic heterocycles. The summed E-state index contributed by atoms with van der Waals surface area (Å²) in [4.78, 5) is 65.9. The summed E-state index contributed by atoms with van der Waals surface area (Å²) >= 11 is 0. The number of nitrogens with zero attached hydrogens (tertiary/aromatic N) is 4. The standard InChI is InChI=1S/C23H42N6O8/c1-2-19(30)18(4-3-5-24)25-20(31)14-26-6-8-27(15-21(32)33)10-12-29(17-23(36)37)13-11-28(9-7-26)16-22(34)35/h18H,2-17,24H2,1H3,(H,25,31)(H,32,33)(H,34,35)(H,36,37)/t18-/m1/s1. The van der Waals surface area contributed by atoms with E-state index in [1.165, 1.54) is 0 Å². The second kappa shape index (κ2) is 17.7. The summed E-state index contributed by atoms with van der Waals surface area (Å²) in [6.07, 6.45) is 1.32. The molecular weight excluding hydrogens is 488 g/mol. The number of aliphatic carboxylic acids is 3. The fraction of sp³-hybridized carbons (Fsp3) is 0.783. The third-order valence-electron chi connectivity index (χ3n) is 6.14. The molecule has 0 aromatic rings. The highest BCUT2D eigenvalue weighted by atomic mass is 16.4. The predicted octanol–water partition coefficient (Wildman–Crippen LogP) is -2.34. The fourth-order valence-corrected chi connectivity index (χ4v) is 4.11. The summed E-state index contributed by atoms with van der Waals surface area (Å²) in [5.74, 6) is -3.49.